The number of unbranched alkanes of at least 4 members (excludes halogenated alkanes) is 3. The van der Waals surface area contributed by atoms with Gasteiger partial charge >= 0.3 is 0 Å². The summed E-state index contributed by atoms with van der Waals surface area (Å²) in [5.74, 6) is 0.805. The normalized spacial score (nSPS) is 48.9. The molecule has 6 heteroatoms. The van der Waals surface area contributed by atoms with E-state index in [9.17, 15) is 0 Å². The molecule has 0 aromatic carbocycles. The van der Waals surface area contributed by atoms with Crippen molar-refractivity contribution in [3.63, 3.8) is 0 Å². The van der Waals surface area contributed by atoms with Crippen LogP contribution in [0.5, 0.6) is 0 Å². The first-order chi connectivity index (χ1) is 13.0. The molecule has 2 bridgehead atoms. The highest BCUT2D eigenvalue weighted by Crippen LogP contribution is 2.60. The summed E-state index contributed by atoms with van der Waals surface area (Å²) in [6.45, 7) is 7.46. The van der Waals surface area contributed by atoms with Crippen molar-refractivity contribution in [2.75, 3.05) is 13.2 Å². The fourth-order valence-electron chi connectivity index (χ4n) is 5.83. The van der Waals surface area contributed by atoms with Gasteiger partial charge in [0, 0.05) is 31.5 Å². The molecule has 0 aromatic rings. The summed E-state index contributed by atoms with van der Waals surface area (Å²) in [6, 6.07) is 0. The van der Waals surface area contributed by atoms with Crippen molar-refractivity contribution in [2.24, 2.45) is 23.7 Å². The molecule has 156 valence electrons. The average Bonchev–Trinajstić information content (AvgIpc) is 2.88. The lowest BCUT2D eigenvalue weighted by molar-refractivity contribution is -0.577. The molecule has 8 atom stereocenters. The molecule has 0 unspecified atom stereocenters. The van der Waals surface area contributed by atoms with E-state index in [2.05, 4.69) is 13.8 Å². The lowest BCUT2D eigenvalue weighted by Gasteiger charge is -2.60. The van der Waals surface area contributed by atoms with E-state index >= 15 is 0 Å². The molecule has 5 fully saturated rings. The molecule has 4 saturated heterocycles. The van der Waals surface area contributed by atoms with Crippen molar-refractivity contribution < 1.29 is 29.1 Å². The molecule has 5 rings (SSSR count). The SMILES string of the molecule is C[C@H]1[C@@H](OCCCCCCO)O[C@@H]2O[C@@]3(C)CC[C@H]4[C@H](C)CC[C@@H]1[C@@]24OO3. The maximum atomic E-state index is 8.88. The molecule has 4 aliphatic heterocycles. The Hall–Kier alpha value is -0.240. The molecule has 1 aliphatic carbocycles. The third kappa shape index (κ3) is 3.47. The van der Waals surface area contributed by atoms with Gasteiger partial charge in [-0.05, 0) is 50.9 Å². The summed E-state index contributed by atoms with van der Waals surface area (Å²) in [4.78, 5) is 12.0. The van der Waals surface area contributed by atoms with Crippen LogP contribution in [-0.4, -0.2) is 42.3 Å². The van der Waals surface area contributed by atoms with Gasteiger partial charge in [0.2, 0.25) is 5.79 Å². The van der Waals surface area contributed by atoms with Gasteiger partial charge in [-0.3, -0.25) is 0 Å². The Bertz CT molecular complexity index is 515. The van der Waals surface area contributed by atoms with Gasteiger partial charge in [0.05, 0.1) is 0 Å². The monoisotopic (exact) mass is 384 g/mol. The van der Waals surface area contributed by atoms with E-state index < -0.39 is 17.7 Å². The number of rotatable bonds is 7. The highest BCUT2D eigenvalue weighted by molar-refractivity contribution is 5.09. The van der Waals surface area contributed by atoms with E-state index in [4.69, 9.17) is 29.1 Å². The Balaban J connectivity index is 1.47. The Labute approximate surface area is 162 Å². The molecule has 1 N–H and O–H groups in total. The van der Waals surface area contributed by atoms with E-state index in [0.717, 1.165) is 44.9 Å². The van der Waals surface area contributed by atoms with E-state index in [1.165, 1.54) is 6.42 Å². The maximum Gasteiger partial charge on any atom is 0.201 e. The van der Waals surface area contributed by atoms with Crippen LogP contribution in [-0.2, 0) is 24.0 Å². The second-order valence-electron chi connectivity index (χ2n) is 9.28. The molecule has 0 radical (unpaired) electrons. The summed E-state index contributed by atoms with van der Waals surface area (Å²) < 4.78 is 18.9. The van der Waals surface area contributed by atoms with E-state index in [1.807, 2.05) is 6.92 Å². The van der Waals surface area contributed by atoms with Gasteiger partial charge < -0.3 is 19.3 Å². The van der Waals surface area contributed by atoms with Gasteiger partial charge in [0.1, 0.15) is 0 Å². The first-order valence-corrected chi connectivity index (χ1v) is 10.9. The van der Waals surface area contributed by atoms with Crippen molar-refractivity contribution in [1.29, 1.82) is 0 Å². The second kappa shape index (κ2) is 7.88. The number of hydrogen-bond donors (Lipinski definition) is 1. The summed E-state index contributed by atoms with van der Waals surface area (Å²) >= 11 is 0. The van der Waals surface area contributed by atoms with E-state index in [1.54, 1.807) is 0 Å². The highest BCUT2D eigenvalue weighted by Gasteiger charge is 2.69. The summed E-state index contributed by atoms with van der Waals surface area (Å²) in [5.41, 5.74) is -0.506. The van der Waals surface area contributed by atoms with Crippen molar-refractivity contribution in [1.82, 2.24) is 0 Å². The largest absolute Gasteiger partial charge is 0.396 e. The number of ether oxygens (including phenoxy) is 3. The highest BCUT2D eigenvalue weighted by atomic mass is 17.3. The summed E-state index contributed by atoms with van der Waals surface area (Å²) in [7, 11) is 0. The number of hydrogen-bond acceptors (Lipinski definition) is 6. The third-order valence-corrected chi connectivity index (χ3v) is 7.43. The van der Waals surface area contributed by atoms with Gasteiger partial charge in [0.15, 0.2) is 18.2 Å². The minimum atomic E-state index is -0.729. The Morgan fingerprint density at radius 3 is 2.63 bits per heavy atom. The molecular weight excluding hydrogens is 348 g/mol. The van der Waals surface area contributed by atoms with Crippen LogP contribution in [0.4, 0.5) is 0 Å². The van der Waals surface area contributed by atoms with Gasteiger partial charge in [-0.1, -0.05) is 26.7 Å². The first-order valence-electron chi connectivity index (χ1n) is 10.9. The molecule has 0 amide bonds. The molecular formula is C21H36O6. The standard InChI is InChI=1S/C21H36O6/c1-14-8-9-17-15(2)18(23-13-7-5-4-6-12-22)24-19-21(17)16(14)10-11-20(3,25-19)26-27-21/h14-19,22H,4-13H2,1-3H3/t14-,15-,16+,17+,18+,19-,20-,21-/m1/s1. The lowest BCUT2D eigenvalue weighted by atomic mass is 9.58. The summed E-state index contributed by atoms with van der Waals surface area (Å²) in [6.07, 6.45) is 7.48. The lowest BCUT2D eigenvalue weighted by Crippen LogP contribution is -2.70. The zero-order valence-electron chi connectivity index (χ0n) is 17.0. The molecule has 6 nitrogen and oxygen atoms in total. The number of fused-ring (bicyclic) bond motifs is 2. The predicted molar refractivity (Wildman–Crippen MR) is 98.3 cm³/mol. The minimum absolute atomic E-state index is 0.239. The van der Waals surface area contributed by atoms with Crippen molar-refractivity contribution in [3.8, 4) is 0 Å². The van der Waals surface area contributed by atoms with Crippen LogP contribution in [0, 0.1) is 23.7 Å². The molecule has 0 aromatic heterocycles. The van der Waals surface area contributed by atoms with E-state index in [0.29, 0.717) is 24.4 Å². The van der Waals surface area contributed by atoms with Crippen molar-refractivity contribution in [2.45, 2.75) is 96.1 Å². The minimum Gasteiger partial charge on any atom is -0.396 e. The van der Waals surface area contributed by atoms with Crippen LogP contribution >= 0.6 is 0 Å². The van der Waals surface area contributed by atoms with Crippen LogP contribution in [0.25, 0.3) is 0 Å². The second-order valence-corrected chi connectivity index (χ2v) is 9.28. The van der Waals surface area contributed by atoms with Crippen molar-refractivity contribution >= 4 is 0 Å². The fourth-order valence-corrected chi connectivity index (χ4v) is 5.83. The average molecular weight is 385 g/mol. The topological polar surface area (TPSA) is 66.4 Å². The first kappa shape index (κ1) is 20.0. The molecule has 27 heavy (non-hydrogen) atoms. The van der Waals surface area contributed by atoms with Gasteiger partial charge in [0.25, 0.3) is 0 Å². The van der Waals surface area contributed by atoms with Gasteiger partial charge in [-0.25, -0.2) is 9.78 Å². The third-order valence-electron chi connectivity index (χ3n) is 7.43. The molecule has 4 heterocycles. The van der Waals surface area contributed by atoms with Crippen LogP contribution in [0.15, 0.2) is 0 Å². The predicted octanol–water partition coefficient (Wildman–Crippen LogP) is 3.76. The quantitative estimate of drug-likeness (QED) is 0.532. The van der Waals surface area contributed by atoms with Gasteiger partial charge in [-0.2, -0.15) is 0 Å². The van der Waals surface area contributed by atoms with E-state index in [-0.39, 0.29) is 18.8 Å². The van der Waals surface area contributed by atoms with Crippen molar-refractivity contribution in [3.05, 3.63) is 0 Å². The number of aliphatic hydroxyl groups excluding tert-OH is 1. The fraction of sp³-hybridized carbons (Fsp3) is 1.00. The Morgan fingerprint density at radius 2 is 1.81 bits per heavy atom. The summed E-state index contributed by atoms with van der Waals surface area (Å²) in [5, 5.41) is 8.88. The smallest absolute Gasteiger partial charge is 0.201 e. The van der Waals surface area contributed by atoms with Crippen LogP contribution in [0.3, 0.4) is 0 Å². The zero-order valence-corrected chi connectivity index (χ0v) is 17.0. The molecule has 5 aliphatic rings. The van der Waals surface area contributed by atoms with Crippen LogP contribution in [0.2, 0.25) is 0 Å². The Morgan fingerprint density at radius 1 is 1.00 bits per heavy atom. The molecule has 1 saturated carbocycles. The molecule has 1 spiro atoms. The van der Waals surface area contributed by atoms with Crippen LogP contribution in [0.1, 0.15) is 72.1 Å². The number of aliphatic hydroxyl groups is 1. The Kier molecular flexibility index (Phi) is 5.85. The van der Waals surface area contributed by atoms with Crippen LogP contribution < -0.4 is 0 Å². The van der Waals surface area contributed by atoms with Gasteiger partial charge in [-0.15, -0.1) is 0 Å². The maximum absolute atomic E-state index is 8.88. The zero-order chi connectivity index (χ0) is 19.1.